The van der Waals surface area contributed by atoms with E-state index in [1.807, 2.05) is 37.3 Å². The first kappa shape index (κ1) is 19.8. The van der Waals surface area contributed by atoms with Gasteiger partial charge in [-0.25, -0.2) is 4.79 Å². The molecule has 0 radical (unpaired) electrons. The van der Waals surface area contributed by atoms with E-state index in [2.05, 4.69) is 5.32 Å². The monoisotopic (exact) mass is 375 g/mol. The Morgan fingerprint density at radius 2 is 1.85 bits per heavy atom. The first-order valence-electron chi connectivity index (χ1n) is 8.40. The molecule has 0 heterocycles. The maximum atomic E-state index is 12.2. The molecule has 0 aliphatic rings. The van der Waals surface area contributed by atoms with Crippen LogP contribution in [0, 0.1) is 0 Å². The molecule has 0 fully saturated rings. The van der Waals surface area contributed by atoms with E-state index in [4.69, 9.17) is 16.3 Å². The summed E-state index contributed by atoms with van der Waals surface area (Å²) in [4.78, 5) is 24.3. The van der Waals surface area contributed by atoms with Crippen molar-refractivity contribution in [3.8, 4) is 5.75 Å². The molecule has 2 N–H and O–H groups in total. The number of aryl methyl sites for hydroxylation is 1. The third-order valence-corrected chi connectivity index (χ3v) is 4.17. The van der Waals surface area contributed by atoms with Crippen LogP contribution >= 0.6 is 11.6 Å². The summed E-state index contributed by atoms with van der Waals surface area (Å²) in [6.45, 7) is 3.39. The van der Waals surface area contributed by atoms with Crippen molar-refractivity contribution in [1.82, 2.24) is 5.32 Å². The minimum atomic E-state index is -0.975. The molecule has 1 amide bonds. The number of aromatic hydroxyl groups is 1. The van der Waals surface area contributed by atoms with E-state index in [0.29, 0.717) is 5.02 Å². The molecule has 6 heteroatoms. The largest absolute Gasteiger partial charge is 0.507 e. The lowest BCUT2D eigenvalue weighted by Crippen LogP contribution is -2.41. The van der Waals surface area contributed by atoms with Crippen LogP contribution in [0.2, 0.25) is 5.02 Å². The molecule has 0 bridgehead atoms. The summed E-state index contributed by atoms with van der Waals surface area (Å²) in [7, 11) is 0. The molecule has 2 aromatic carbocycles. The molecule has 0 unspecified atom stereocenters. The molecule has 2 atom stereocenters. The smallest absolute Gasteiger partial charge is 0.342 e. The Kier molecular flexibility index (Phi) is 7.04. The summed E-state index contributed by atoms with van der Waals surface area (Å²) < 4.78 is 5.13. The third kappa shape index (κ3) is 5.77. The average Bonchev–Trinajstić information content (AvgIpc) is 2.60. The lowest BCUT2D eigenvalue weighted by Gasteiger charge is -2.18. The number of amides is 1. The highest BCUT2D eigenvalue weighted by atomic mass is 35.5. The number of hydrogen-bond acceptors (Lipinski definition) is 4. The van der Waals surface area contributed by atoms with E-state index in [1.165, 1.54) is 30.7 Å². The van der Waals surface area contributed by atoms with Crippen LogP contribution in [0.3, 0.4) is 0 Å². The van der Waals surface area contributed by atoms with Crippen LogP contribution in [-0.2, 0) is 16.0 Å². The van der Waals surface area contributed by atoms with Gasteiger partial charge in [0.2, 0.25) is 0 Å². The number of nitrogens with one attached hydrogen (secondary N) is 1. The SMILES string of the molecule is C[C@H](CCc1ccccc1)NC(=O)[C@@H](C)OC(=O)c1ccc(Cl)cc1O. The second-order valence-electron chi connectivity index (χ2n) is 6.14. The van der Waals surface area contributed by atoms with Gasteiger partial charge in [0.1, 0.15) is 11.3 Å². The molecule has 5 nitrogen and oxygen atoms in total. The van der Waals surface area contributed by atoms with Gasteiger partial charge >= 0.3 is 5.97 Å². The lowest BCUT2D eigenvalue weighted by atomic mass is 10.1. The lowest BCUT2D eigenvalue weighted by molar-refractivity contribution is -0.129. The van der Waals surface area contributed by atoms with Crippen molar-refractivity contribution < 1.29 is 19.4 Å². The molecule has 26 heavy (non-hydrogen) atoms. The van der Waals surface area contributed by atoms with Crippen LogP contribution in [0.4, 0.5) is 0 Å². The Morgan fingerprint density at radius 3 is 2.50 bits per heavy atom. The van der Waals surface area contributed by atoms with Gasteiger partial charge in [-0.3, -0.25) is 4.79 Å². The van der Waals surface area contributed by atoms with Crippen molar-refractivity contribution in [1.29, 1.82) is 0 Å². The van der Waals surface area contributed by atoms with Gasteiger partial charge in [-0.15, -0.1) is 0 Å². The van der Waals surface area contributed by atoms with Crippen LogP contribution in [0.25, 0.3) is 0 Å². The van der Waals surface area contributed by atoms with Crippen LogP contribution in [0.15, 0.2) is 48.5 Å². The van der Waals surface area contributed by atoms with Crippen molar-refractivity contribution >= 4 is 23.5 Å². The van der Waals surface area contributed by atoms with E-state index >= 15 is 0 Å². The quantitative estimate of drug-likeness (QED) is 0.723. The maximum absolute atomic E-state index is 12.2. The highest BCUT2D eigenvalue weighted by Gasteiger charge is 2.22. The second-order valence-corrected chi connectivity index (χ2v) is 6.58. The first-order valence-corrected chi connectivity index (χ1v) is 8.78. The summed E-state index contributed by atoms with van der Waals surface area (Å²) >= 11 is 5.73. The predicted molar refractivity (Wildman–Crippen MR) is 100 cm³/mol. The van der Waals surface area contributed by atoms with E-state index in [-0.39, 0.29) is 23.3 Å². The molecule has 138 valence electrons. The van der Waals surface area contributed by atoms with Gasteiger partial charge in [-0.05, 0) is 50.5 Å². The van der Waals surface area contributed by atoms with E-state index < -0.39 is 12.1 Å². The summed E-state index contributed by atoms with van der Waals surface area (Å²) in [6, 6.07) is 14.0. The zero-order chi connectivity index (χ0) is 19.1. The molecule has 0 saturated carbocycles. The van der Waals surface area contributed by atoms with Crippen LogP contribution < -0.4 is 5.32 Å². The van der Waals surface area contributed by atoms with Crippen molar-refractivity contribution in [3.63, 3.8) is 0 Å². The fourth-order valence-electron chi connectivity index (χ4n) is 2.42. The number of halogens is 1. The number of benzene rings is 2. The highest BCUT2D eigenvalue weighted by Crippen LogP contribution is 2.23. The van der Waals surface area contributed by atoms with Crippen molar-refractivity contribution in [3.05, 3.63) is 64.7 Å². The molecule has 0 saturated heterocycles. The molecular weight excluding hydrogens is 354 g/mol. The van der Waals surface area contributed by atoms with E-state index in [9.17, 15) is 14.7 Å². The molecule has 0 spiro atoms. The zero-order valence-electron chi connectivity index (χ0n) is 14.7. The van der Waals surface area contributed by atoms with Gasteiger partial charge in [0.25, 0.3) is 5.91 Å². The fraction of sp³-hybridized carbons (Fsp3) is 0.300. The minimum absolute atomic E-state index is 0.0359. The number of carbonyl (C=O) groups excluding carboxylic acids is 2. The number of carbonyl (C=O) groups is 2. The Bertz CT molecular complexity index is 764. The minimum Gasteiger partial charge on any atom is -0.507 e. The topological polar surface area (TPSA) is 75.6 Å². The molecule has 0 aromatic heterocycles. The number of esters is 1. The second kappa shape index (κ2) is 9.25. The summed E-state index contributed by atoms with van der Waals surface area (Å²) in [5, 5.41) is 12.9. The zero-order valence-corrected chi connectivity index (χ0v) is 15.5. The number of phenols is 1. The van der Waals surface area contributed by atoms with Crippen LogP contribution in [-0.4, -0.2) is 29.1 Å². The number of ether oxygens (including phenoxy) is 1. The maximum Gasteiger partial charge on any atom is 0.342 e. The van der Waals surface area contributed by atoms with Gasteiger partial charge in [0, 0.05) is 11.1 Å². The number of phenolic OH excluding ortho intramolecular Hbond substituents is 1. The Balaban J connectivity index is 1.83. The van der Waals surface area contributed by atoms with Gasteiger partial charge in [-0.1, -0.05) is 41.9 Å². The highest BCUT2D eigenvalue weighted by molar-refractivity contribution is 6.30. The molecule has 2 rings (SSSR count). The summed E-state index contributed by atoms with van der Waals surface area (Å²) in [5.41, 5.74) is 1.16. The average molecular weight is 376 g/mol. The fourth-order valence-corrected chi connectivity index (χ4v) is 2.58. The predicted octanol–water partition coefficient (Wildman–Crippen LogP) is 3.73. The molecular formula is C20H22ClNO4. The molecule has 0 aliphatic heterocycles. The van der Waals surface area contributed by atoms with Gasteiger partial charge in [-0.2, -0.15) is 0 Å². The van der Waals surface area contributed by atoms with Crippen LogP contribution in [0.1, 0.15) is 36.2 Å². The van der Waals surface area contributed by atoms with Gasteiger partial charge in [0.05, 0.1) is 0 Å². The standard InChI is InChI=1S/C20H22ClNO4/c1-13(8-9-15-6-4-3-5-7-15)22-19(24)14(2)26-20(25)17-11-10-16(21)12-18(17)23/h3-7,10-14,23H,8-9H2,1-2H3,(H,22,24)/t13-,14-/m1/s1. The Morgan fingerprint density at radius 1 is 1.15 bits per heavy atom. The van der Waals surface area contributed by atoms with Crippen molar-refractivity contribution in [2.45, 2.75) is 38.8 Å². The molecule has 0 aliphatic carbocycles. The first-order chi connectivity index (χ1) is 12.4. The normalized spacial score (nSPS) is 12.9. The van der Waals surface area contributed by atoms with Crippen molar-refractivity contribution in [2.24, 2.45) is 0 Å². The number of hydrogen-bond donors (Lipinski definition) is 2. The van der Waals surface area contributed by atoms with E-state index in [0.717, 1.165) is 12.8 Å². The Labute approximate surface area is 157 Å². The van der Waals surface area contributed by atoms with Gasteiger partial charge in [0.15, 0.2) is 6.10 Å². The Hall–Kier alpha value is -2.53. The van der Waals surface area contributed by atoms with E-state index in [1.54, 1.807) is 0 Å². The van der Waals surface area contributed by atoms with Gasteiger partial charge < -0.3 is 15.2 Å². The number of rotatable bonds is 7. The third-order valence-electron chi connectivity index (χ3n) is 3.93. The van der Waals surface area contributed by atoms with Crippen molar-refractivity contribution in [2.75, 3.05) is 0 Å². The van der Waals surface area contributed by atoms with Crippen LogP contribution in [0.5, 0.6) is 5.75 Å². The molecule has 2 aromatic rings. The summed E-state index contributed by atoms with van der Waals surface area (Å²) in [5.74, 6) is -1.45. The summed E-state index contributed by atoms with van der Waals surface area (Å²) in [6.07, 6.45) is 0.639.